The first kappa shape index (κ1) is 45.4. The lowest BCUT2D eigenvalue weighted by Gasteiger charge is -2.51. The Balaban J connectivity index is 1.13. The second-order valence-electron chi connectivity index (χ2n) is 24.8. The van der Waals surface area contributed by atoms with Crippen LogP contribution in [0.15, 0.2) is 191 Å². The Hall–Kier alpha value is -7.96. The minimum atomic E-state index is -0.201. The fourth-order valence-corrected chi connectivity index (χ4v) is 14.4. The molecule has 0 N–H and O–H groups in total. The molecule has 5 heterocycles. The van der Waals surface area contributed by atoms with E-state index in [9.17, 15) is 0 Å². The maximum Gasteiger partial charge on any atom is 0.257 e. The first-order valence-electron chi connectivity index (χ1n) is 27.6. The second kappa shape index (κ2) is 15.8. The summed E-state index contributed by atoms with van der Waals surface area (Å²) in [4.78, 5) is 7.96. The summed E-state index contributed by atoms with van der Waals surface area (Å²) in [6, 6.07) is 68.5. The number of anilines is 8. The zero-order valence-corrected chi connectivity index (χ0v) is 44.9. The molecule has 0 bridgehead atoms. The van der Waals surface area contributed by atoms with Crippen molar-refractivity contribution in [1.82, 2.24) is 0 Å². The molecule has 6 heteroatoms. The summed E-state index contributed by atoms with van der Waals surface area (Å²) < 4.78 is 14.4. The molecule has 15 rings (SSSR count). The van der Waals surface area contributed by atoms with Gasteiger partial charge < -0.3 is 23.5 Å². The summed E-state index contributed by atoms with van der Waals surface area (Å²) in [5.41, 5.74) is 22.5. The Labute approximate surface area is 446 Å². The smallest absolute Gasteiger partial charge is 0.257 e. The molecule has 2 unspecified atom stereocenters. The Bertz CT molecular complexity index is 4230. The monoisotopic (exact) mass is 987 g/mol. The molecular weight excluding hydrogens is 926 g/mol. The number of benzene rings is 9. The van der Waals surface area contributed by atoms with Crippen LogP contribution in [0.4, 0.5) is 45.5 Å². The second-order valence-corrected chi connectivity index (χ2v) is 24.8. The predicted molar refractivity (Wildman–Crippen MR) is 321 cm³/mol. The molecule has 0 radical (unpaired) electrons. The minimum absolute atomic E-state index is 0.0462. The molecule has 372 valence electrons. The van der Waals surface area contributed by atoms with Gasteiger partial charge in [0.25, 0.3) is 6.71 Å². The quantitative estimate of drug-likeness (QED) is 0.164. The minimum Gasteiger partial charge on any atom is -0.457 e. The largest absolute Gasteiger partial charge is 0.457 e. The van der Waals surface area contributed by atoms with Gasteiger partial charge in [0.05, 0.1) is 16.9 Å². The van der Waals surface area contributed by atoms with Crippen molar-refractivity contribution in [3.05, 3.63) is 199 Å². The Morgan fingerprint density at radius 3 is 1.74 bits per heavy atom. The number of nitrogens with zero attached hydrogens (tertiary/aromatic N) is 3. The molecule has 5 nitrogen and oxygen atoms in total. The lowest BCUT2D eigenvalue weighted by molar-refractivity contribution is 0.195. The van der Waals surface area contributed by atoms with E-state index in [-0.39, 0.29) is 28.5 Å². The van der Waals surface area contributed by atoms with Gasteiger partial charge in [-0.15, -0.1) is 0 Å². The van der Waals surface area contributed by atoms with Gasteiger partial charge in [0, 0.05) is 66.6 Å². The van der Waals surface area contributed by atoms with Crippen molar-refractivity contribution in [2.75, 3.05) is 14.7 Å². The molecule has 1 aliphatic carbocycles. The maximum absolute atomic E-state index is 7.30. The van der Waals surface area contributed by atoms with E-state index in [2.05, 4.69) is 252 Å². The van der Waals surface area contributed by atoms with Gasteiger partial charge in [0.1, 0.15) is 16.7 Å². The van der Waals surface area contributed by atoms with Crippen LogP contribution in [-0.4, -0.2) is 12.3 Å². The van der Waals surface area contributed by atoms with Crippen LogP contribution in [-0.2, 0) is 16.2 Å². The standard InChI is InChI=1S/C70H62BN3O2/c1-67(2,3)44-31-34-54(51(39-44)43-21-10-9-11-22-43)72-57-36-33-50-48-24-13-17-30-62(48)76-66(50)64(57)71-53-40-45(68(4,5)6)32-35-56(53)73(58-28-20-25-49-47-23-12-16-29-61(47)75-65(49)58)60-42-46(41-59(72)63(60)71)74-55-27-15-14-26-52(55)69(7)37-18-19-38-70(69,74)8/h9-17,20-36,39-42H,18-19,37-38H2,1-8H3. The number of fused-ring (bicyclic) bond motifs is 14. The number of rotatable bonds is 4. The molecule has 11 aromatic rings. The van der Waals surface area contributed by atoms with Crippen molar-refractivity contribution in [2.24, 2.45) is 0 Å². The van der Waals surface area contributed by atoms with Gasteiger partial charge >= 0.3 is 0 Å². The first-order chi connectivity index (χ1) is 36.7. The molecule has 1 saturated carbocycles. The van der Waals surface area contributed by atoms with E-state index in [4.69, 9.17) is 8.83 Å². The van der Waals surface area contributed by atoms with Crippen molar-refractivity contribution in [1.29, 1.82) is 0 Å². The van der Waals surface area contributed by atoms with Crippen LogP contribution in [0, 0.1) is 0 Å². The van der Waals surface area contributed by atoms with Crippen LogP contribution >= 0.6 is 0 Å². The predicted octanol–water partition coefficient (Wildman–Crippen LogP) is 17.6. The highest BCUT2D eigenvalue weighted by molar-refractivity contribution is 7.01. The summed E-state index contributed by atoms with van der Waals surface area (Å²) in [5.74, 6) is 0. The average Bonchev–Trinajstić information content (AvgIpc) is 4.17. The van der Waals surface area contributed by atoms with Gasteiger partial charge in [0.2, 0.25) is 0 Å². The molecular formula is C70H62BN3O2. The number of hydrogen-bond acceptors (Lipinski definition) is 5. The van der Waals surface area contributed by atoms with Gasteiger partial charge in [-0.1, -0.05) is 177 Å². The zero-order chi connectivity index (χ0) is 51.6. The molecule has 3 aliphatic heterocycles. The molecule has 0 spiro atoms. The molecule has 9 aromatic carbocycles. The molecule has 76 heavy (non-hydrogen) atoms. The Morgan fingerprint density at radius 2 is 1.01 bits per heavy atom. The van der Waals surface area contributed by atoms with Crippen LogP contribution < -0.4 is 31.1 Å². The summed E-state index contributed by atoms with van der Waals surface area (Å²) in [6.07, 6.45) is 4.65. The molecule has 4 aliphatic rings. The highest BCUT2D eigenvalue weighted by Gasteiger charge is 2.58. The summed E-state index contributed by atoms with van der Waals surface area (Å²) in [6.45, 7) is 18.9. The van der Waals surface area contributed by atoms with E-state index in [1.807, 2.05) is 0 Å². The Kier molecular flexibility index (Phi) is 9.45. The van der Waals surface area contributed by atoms with E-state index >= 15 is 0 Å². The van der Waals surface area contributed by atoms with Crippen LogP contribution in [0.3, 0.4) is 0 Å². The lowest BCUT2D eigenvalue weighted by Crippen LogP contribution is -2.62. The van der Waals surface area contributed by atoms with Crippen LogP contribution in [0.2, 0.25) is 0 Å². The van der Waals surface area contributed by atoms with Gasteiger partial charge in [-0.2, -0.15) is 0 Å². The number of para-hydroxylation sites is 4. The van der Waals surface area contributed by atoms with Gasteiger partial charge in [-0.3, -0.25) is 0 Å². The van der Waals surface area contributed by atoms with E-state index in [0.717, 1.165) is 85.2 Å². The van der Waals surface area contributed by atoms with Crippen molar-refractivity contribution in [2.45, 2.75) is 103 Å². The fraction of sp³-hybridized carbons (Fsp3) is 0.229. The topological polar surface area (TPSA) is 36.0 Å². The summed E-state index contributed by atoms with van der Waals surface area (Å²) in [5, 5.41) is 4.48. The van der Waals surface area contributed by atoms with Crippen LogP contribution in [0.1, 0.15) is 97.8 Å². The third kappa shape index (κ3) is 6.21. The zero-order valence-electron chi connectivity index (χ0n) is 44.9. The number of hydrogen-bond donors (Lipinski definition) is 0. The number of furan rings is 2. The van der Waals surface area contributed by atoms with E-state index in [1.54, 1.807) is 0 Å². The lowest BCUT2D eigenvalue weighted by atomic mass is 9.33. The van der Waals surface area contributed by atoms with Crippen molar-refractivity contribution in [3.63, 3.8) is 0 Å². The van der Waals surface area contributed by atoms with Crippen molar-refractivity contribution in [3.8, 4) is 11.1 Å². The van der Waals surface area contributed by atoms with Gasteiger partial charge in [-0.05, 0) is 136 Å². The van der Waals surface area contributed by atoms with Gasteiger partial charge in [0.15, 0.2) is 5.58 Å². The third-order valence-corrected chi connectivity index (χ3v) is 18.5. The first-order valence-corrected chi connectivity index (χ1v) is 27.6. The highest BCUT2D eigenvalue weighted by Crippen LogP contribution is 2.62. The third-order valence-electron chi connectivity index (χ3n) is 18.5. The summed E-state index contributed by atoms with van der Waals surface area (Å²) >= 11 is 0. The normalized spacial score (nSPS) is 18.8. The van der Waals surface area contributed by atoms with E-state index in [1.165, 1.54) is 74.1 Å². The highest BCUT2D eigenvalue weighted by atomic mass is 16.3. The summed E-state index contributed by atoms with van der Waals surface area (Å²) in [7, 11) is 0. The SMILES string of the molecule is CC(C)(C)c1ccc2c(c1)B1c3c(cc(N4c5ccccc5C5(C)CCCCC45C)cc3N2c2cccc3c2oc2ccccc23)N(c2ccc(C(C)(C)C)cc2-c2ccccc2)c2ccc3c(oc4ccccc43)c21. The Morgan fingerprint density at radius 1 is 0.447 bits per heavy atom. The van der Waals surface area contributed by atoms with Crippen LogP contribution in [0.5, 0.6) is 0 Å². The molecule has 1 fully saturated rings. The fourth-order valence-electron chi connectivity index (χ4n) is 14.4. The van der Waals surface area contributed by atoms with E-state index < -0.39 is 0 Å². The van der Waals surface area contributed by atoms with Crippen LogP contribution in [0.25, 0.3) is 55.0 Å². The van der Waals surface area contributed by atoms with Gasteiger partial charge in [-0.25, -0.2) is 0 Å². The van der Waals surface area contributed by atoms with Crippen molar-refractivity contribution >= 4 is 112 Å². The van der Waals surface area contributed by atoms with E-state index in [0.29, 0.717) is 0 Å². The molecule has 0 saturated heterocycles. The average molecular weight is 988 g/mol. The maximum atomic E-state index is 7.30. The van der Waals surface area contributed by atoms with Crippen molar-refractivity contribution < 1.29 is 8.83 Å². The molecule has 2 aromatic heterocycles. The molecule has 2 atom stereocenters. The molecule has 0 amide bonds.